The van der Waals surface area contributed by atoms with E-state index < -0.39 is 0 Å². The zero-order chi connectivity index (χ0) is 20.9. The highest BCUT2D eigenvalue weighted by Crippen LogP contribution is 2.48. The summed E-state index contributed by atoms with van der Waals surface area (Å²) in [7, 11) is 0. The molecule has 1 nitrogen and oxygen atoms in total. The average Bonchev–Trinajstić information content (AvgIpc) is 2.78. The van der Waals surface area contributed by atoms with Gasteiger partial charge in [-0.15, -0.1) is 0 Å². The number of aryl methyl sites for hydroxylation is 1. The molecular formula is C28H40OS. The predicted molar refractivity (Wildman–Crippen MR) is 131 cm³/mol. The van der Waals surface area contributed by atoms with E-state index >= 15 is 0 Å². The molecule has 164 valence electrons. The van der Waals surface area contributed by atoms with Crippen molar-refractivity contribution >= 4 is 11.8 Å². The molecule has 30 heavy (non-hydrogen) atoms. The number of para-hydroxylation sites is 1. The second-order valence-electron chi connectivity index (χ2n) is 8.74. The fourth-order valence-electron chi connectivity index (χ4n) is 4.31. The molecule has 3 rings (SSSR count). The summed E-state index contributed by atoms with van der Waals surface area (Å²) in [6, 6.07) is 14.9. The molecule has 0 N–H and O–H groups in total. The van der Waals surface area contributed by atoms with Crippen molar-refractivity contribution in [3.8, 4) is 11.5 Å². The zero-order valence-electron chi connectivity index (χ0n) is 19.0. The van der Waals surface area contributed by atoms with Crippen molar-refractivity contribution in [2.45, 2.75) is 113 Å². The van der Waals surface area contributed by atoms with E-state index in [1.54, 1.807) is 0 Å². The van der Waals surface area contributed by atoms with Gasteiger partial charge in [-0.25, -0.2) is 0 Å². The molecule has 0 aliphatic carbocycles. The highest BCUT2D eigenvalue weighted by Gasteiger charge is 2.19. The van der Waals surface area contributed by atoms with Crippen molar-refractivity contribution in [3.05, 3.63) is 48.0 Å². The van der Waals surface area contributed by atoms with Crippen LogP contribution in [-0.4, -0.2) is 0 Å². The third-order valence-corrected chi connectivity index (χ3v) is 7.37. The van der Waals surface area contributed by atoms with E-state index in [-0.39, 0.29) is 0 Å². The topological polar surface area (TPSA) is 9.23 Å². The molecule has 0 unspecified atom stereocenters. The van der Waals surface area contributed by atoms with Crippen molar-refractivity contribution in [1.82, 2.24) is 0 Å². The lowest BCUT2D eigenvalue weighted by molar-refractivity contribution is 0.452. The van der Waals surface area contributed by atoms with Crippen LogP contribution in [0.25, 0.3) is 0 Å². The maximum Gasteiger partial charge on any atom is 0.141 e. The van der Waals surface area contributed by atoms with E-state index in [1.165, 1.54) is 112 Å². The van der Waals surface area contributed by atoms with E-state index in [2.05, 4.69) is 43.3 Å². The largest absolute Gasteiger partial charge is 0.455 e. The number of benzene rings is 2. The Bertz CT molecular complexity index is 739. The Morgan fingerprint density at radius 1 is 0.600 bits per heavy atom. The van der Waals surface area contributed by atoms with Crippen molar-refractivity contribution in [3.63, 3.8) is 0 Å². The standard InChI is InChI=1S/C28H40OS/c1-2-3-4-5-6-7-8-9-10-11-12-13-14-15-19-24-20-18-22-26-28(24)30-27-23-17-16-21-25(27)29-26/h16-18,20-23H,2-15,19H2,1H3. The molecule has 2 heteroatoms. The maximum absolute atomic E-state index is 6.12. The van der Waals surface area contributed by atoms with Crippen molar-refractivity contribution in [2.24, 2.45) is 0 Å². The van der Waals surface area contributed by atoms with Crippen LogP contribution in [0.4, 0.5) is 0 Å². The van der Waals surface area contributed by atoms with Gasteiger partial charge >= 0.3 is 0 Å². The first-order chi connectivity index (χ1) is 14.9. The van der Waals surface area contributed by atoms with E-state index in [9.17, 15) is 0 Å². The molecule has 0 aromatic heterocycles. The highest BCUT2D eigenvalue weighted by molar-refractivity contribution is 7.99. The molecule has 0 spiro atoms. The molecule has 0 fully saturated rings. The van der Waals surface area contributed by atoms with Crippen LogP contribution in [0, 0.1) is 0 Å². The van der Waals surface area contributed by atoms with Gasteiger partial charge in [0, 0.05) is 0 Å². The summed E-state index contributed by atoms with van der Waals surface area (Å²) in [5, 5.41) is 0. The summed E-state index contributed by atoms with van der Waals surface area (Å²) >= 11 is 1.87. The van der Waals surface area contributed by atoms with E-state index in [4.69, 9.17) is 4.74 Å². The summed E-state index contributed by atoms with van der Waals surface area (Å²) < 4.78 is 6.12. The molecule has 1 aliphatic heterocycles. The summed E-state index contributed by atoms with van der Waals surface area (Å²) in [6.07, 6.45) is 21.0. The number of ether oxygens (including phenoxy) is 1. The molecule has 1 aliphatic rings. The Balaban J connectivity index is 1.24. The first kappa shape index (κ1) is 23.3. The molecular weight excluding hydrogens is 384 g/mol. The van der Waals surface area contributed by atoms with Crippen molar-refractivity contribution < 1.29 is 4.74 Å². The van der Waals surface area contributed by atoms with Gasteiger partial charge in [0.15, 0.2) is 0 Å². The van der Waals surface area contributed by atoms with Crippen LogP contribution in [0.3, 0.4) is 0 Å². The van der Waals surface area contributed by atoms with Crippen LogP contribution < -0.4 is 4.74 Å². The smallest absolute Gasteiger partial charge is 0.141 e. The minimum atomic E-state index is 0.989. The number of unbranched alkanes of at least 4 members (excludes halogenated alkanes) is 13. The minimum absolute atomic E-state index is 0.989. The van der Waals surface area contributed by atoms with Gasteiger partial charge in [-0.3, -0.25) is 0 Å². The van der Waals surface area contributed by atoms with Crippen LogP contribution in [-0.2, 0) is 6.42 Å². The molecule has 2 aromatic carbocycles. The Labute approximate surface area is 189 Å². The van der Waals surface area contributed by atoms with E-state index in [0.717, 1.165) is 11.5 Å². The third kappa shape index (κ3) is 7.69. The van der Waals surface area contributed by atoms with Crippen LogP contribution in [0.15, 0.2) is 52.3 Å². The van der Waals surface area contributed by atoms with E-state index in [0.29, 0.717) is 0 Å². The Morgan fingerprint density at radius 2 is 1.17 bits per heavy atom. The molecule has 0 radical (unpaired) electrons. The lowest BCUT2D eigenvalue weighted by Gasteiger charge is -2.21. The van der Waals surface area contributed by atoms with Gasteiger partial charge in [-0.05, 0) is 36.6 Å². The lowest BCUT2D eigenvalue weighted by Crippen LogP contribution is -1.98. The molecule has 1 heterocycles. The van der Waals surface area contributed by atoms with Crippen LogP contribution in [0.2, 0.25) is 0 Å². The van der Waals surface area contributed by atoms with Crippen LogP contribution in [0.1, 0.15) is 102 Å². The van der Waals surface area contributed by atoms with Gasteiger partial charge in [-0.2, -0.15) is 0 Å². The Hall–Kier alpha value is -1.41. The molecule has 0 saturated heterocycles. The minimum Gasteiger partial charge on any atom is -0.455 e. The fraction of sp³-hybridized carbons (Fsp3) is 0.571. The van der Waals surface area contributed by atoms with Gasteiger partial charge in [0.1, 0.15) is 11.5 Å². The average molecular weight is 425 g/mol. The molecule has 0 saturated carbocycles. The summed E-state index contributed by atoms with van der Waals surface area (Å²) in [5.41, 5.74) is 1.45. The first-order valence-corrected chi connectivity index (χ1v) is 13.3. The molecule has 0 amide bonds. The summed E-state index contributed by atoms with van der Waals surface area (Å²) in [5.74, 6) is 2.02. The normalized spacial score (nSPS) is 12.3. The molecule has 0 atom stereocenters. The second kappa shape index (κ2) is 13.8. The predicted octanol–water partition coefficient (Wildman–Crippen LogP) is 9.97. The second-order valence-corrected chi connectivity index (χ2v) is 9.79. The number of hydrogen-bond donors (Lipinski definition) is 0. The van der Waals surface area contributed by atoms with Gasteiger partial charge in [0.25, 0.3) is 0 Å². The number of hydrogen-bond acceptors (Lipinski definition) is 2. The monoisotopic (exact) mass is 424 g/mol. The van der Waals surface area contributed by atoms with E-state index in [1.807, 2.05) is 17.8 Å². The van der Waals surface area contributed by atoms with Crippen molar-refractivity contribution in [1.29, 1.82) is 0 Å². The Kier molecular flexibility index (Phi) is 10.7. The molecule has 0 bridgehead atoms. The van der Waals surface area contributed by atoms with Gasteiger partial charge < -0.3 is 4.74 Å². The Morgan fingerprint density at radius 3 is 1.83 bits per heavy atom. The first-order valence-electron chi connectivity index (χ1n) is 12.4. The lowest BCUT2D eigenvalue weighted by atomic mass is 10.0. The fourth-order valence-corrected chi connectivity index (χ4v) is 5.40. The third-order valence-electron chi connectivity index (χ3n) is 6.14. The van der Waals surface area contributed by atoms with Crippen LogP contribution in [0.5, 0.6) is 11.5 Å². The number of fused-ring (bicyclic) bond motifs is 2. The number of rotatable bonds is 15. The quantitative estimate of drug-likeness (QED) is 0.224. The molecule has 2 aromatic rings. The van der Waals surface area contributed by atoms with Crippen molar-refractivity contribution in [2.75, 3.05) is 0 Å². The summed E-state index contributed by atoms with van der Waals surface area (Å²) in [4.78, 5) is 2.56. The zero-order valence-corrected chi connectivity index (χ0v) is 19.8. The van der Waals surface area contributed by atoms with Crippen LogP contribution >= 0.6 is 11.8 Å². The maximum atomic E-state index is 6.12. The van der Waals surface area contributed by atoms with Gasteiger partial charge in [-0.1, -0.05) is 126 Å². The highest BCUT2D eigenvalue weighted by atomic mass is 32.2. The van der Waals surface area contributed by atoms with Gasteiger partial charge in [0.05, 0.1) is 9.79 Å². The van der Waals surface area contributed by atoms with Gasteiger partial charge in [0.2, 0.25) is 0 Å². The summed E-state index contributed by atoms with van der Waals surface area (Å²) in [6.45, 7) is 2.29. The SMILES string of the molecule is CCCCCCCCCCCCCCCCc1cccc2c1Sc1ccccc1O2.